The Kier molecular flexibility index (Phi) is 2.85. The normalized spacial score (nSPS) is 11.5. The molecule has 0 aliphatic carbocycles. The lowest BCUT2D eigenvalue weighted by Crippen LogP contribution is -2.15. The fourth-order valence-electron chi connectivity index (χ4n) is 1.21. The van der Waals surface area contributed by atoms with Crippen molar-refractivity contribution in [2.75, 3.05) is 7.11 Å². The number of hydrogen-bond donors (Lipinski definition) is 1. The van der Waals surface area contributed by atoms with Crippen LogP contribution in [0.4, 0.5) is 0 Å². The number of hydrogen-bond acceptors (Lipinski definition) is 3. The monoisotopic (exact) mass is 216 g/mol. The highest BCUT2D eigenvalue weighted by atomic mass is 35.5. The first-order valence-electron chi connectivity index (χ1n) is 4.20. The molecule has 0 saturated carbocycles. The third kappa shape index (κ3) is 1.90. The number of aromatic nitrogens is 2. The van der Waals surface area contributed by atoms with Gasteiger partial charge in [-0.15, -0.1) is 11.6 Å². The Bertz CT molecular complexity index is 352. The second kappa shape index (κ2) is 3.61. The molecule has 1 aromatic heterocycles. The summed E-state index contributed by atoms with van der Waals surface area (Å²) in [6, 6.07) is 0. The maximum absolute atomic E-state index is 11.4. The van der Waals surface area contributed by atoms with E-state index < -0.39 is 10.8 Å². The molecule has 0 amide bonds. The zero-order valence-electron chi connectivity index (χ0n) is 8.64. The summed E-state index contributed by atoms with van der Waals surface area (Å²) in [5.74, 6) is -0.417. The van der Waals surface area contributed by atoms with Crippen molar-refractivity contribution in [3.05, 3.63) is 17.0 Å². The minimum Gasteiger partial charge on any atom is -0.465 e. The topological polar surface area (TPSA) is 55.0 Å². The minimum atomic E-state index is -0.686. The van der Waals surface area contributed by atoms with E-state index in [0.717, 1.165) is 0 Å². The number of rotatable bonds is 2. The second-order valence-electron chi connectivity index (χ2n) is 3.54. The molecule has 0 aliphatic heterocycles. The lowest BCUT2D eigenvalue weighted by Gasteiger charge is -2.13. The molecule has 1 N–H and O–H groups in total. The molecule has 0 bridgehead atoms. The summed E-state index contributed by atoms with van der Waals surface area (Å²) in [5, 5.41) is 6.72. The molecule has 0 radical (unpaired) electrons. The first-order chi connectivity index (χ1) is 6.38. The predicted octanol–water partition coefficient (Wildman–Crippen LogP) is 1.98. The molecule has 0 spiro atoms. The molecule has 78 valence electrons. The van der Waals surface area contributed by atoms with E-state index >= 15 is 0 Å². The first-order valence-corrected chi connectivity index (χ1v) is 4.58. The van der Waals surface area contributed by atoms with E-state index in [2.05, 4.69) is 14.9 Å². The molecule has 0 atom stereocenters. The Morgan fingerprint density at radius 2 is 2.14 bits per heavy atom. The quantitative estimate of drug-likeness (QED) is 0.608. The van der Waals surface area contributed by atoms with Crippen molar-refractivity contribution in [2.45, 2.75) is 25.6 Å². The third-order valence-corrected chi connectivity index (χ3v) is 2.08. The van der Waals surface area contributed by atoms with E-state index in [-0.39, 0.29) is 0 Å². The van der Waals surface area contributed by atoms with Crippen molar-refractivity contribution in [3.8, 4) is 0 Å². The molecular weight excluding hydrogens is 204 g/mol. The van der Waals surface area contributed by atoms with Crippen LogP contribution in [0.15, 0.2) is 0 Å². The smallest absolute Gasteiger partial charge is 0.341 e. The van der Waals surface area contributed by atoms with Crippen molar-refractivity contribution in [3.63, 3.8) is 0 Å². The van der Waals surface area contributed by atoms with Crippen molar-refractivity contribution >= 4 is 17.6 Å². The Hall–Kier alpha value is -1.03. The number of H-pyrrole nitrogens is 1. The van der Waals surface area contributed by atoms with Gasteiger partial charge >= 0.3 is 5.97 Å². The fourth-order valence-corrected chi connectivity index (χ4v) is 1.35. The maximum Gasteiger partial charge on any atom is 0.341 e. The molecule has 0 unspecified atom stereocenters. The van der Waals surface area contributed by atoms with Gasteiger partial charge in [0.25, 0.3) is 0 Å². The highest BCUT2D eigenvalue weighted by Gasteiger charge is 2.29. The summed E-state index contributed by atoms with van der Waals surface area (Å²) in [5.41, 5.74) is 1.61. The van der Waals surface area contributed by atoms with E-state index in [1.165, 1.54) is 7.11 Å². The highest BCUT2D eigenvalue weighted by molar-refractivity contribution is 6.23. The molecular formula is C9H13ClN2O2. The molecule has 0 aromatic carbocycles. The standard InChI is InChI=1S/C9H13ClN2O2/c1-5-6(8(13)14-4)7(12-11-5)9(2,3)10/h1-4H3,(H,11,12). The molecule has 1 rings (SSSR count). The molecule has 0 fully saturated rings. The Balaban J connectivity index is 3.26. The Labute approximate surface area is 87.6 Å². The van der Waals surface area contributed by atoms with E-state index in [1.54, 1.807) is 20.8 Å². The van der Waals surface area contributed by atoms with Gasteiger partial charge in [-0.05, 0) is 20.8 Å². The number of ether oxygens (including phenoxy) is 1. The average Bonchev–Trinajstić information content (AvgIpc) is 2.45. The first kappa shape index (κ1) is 11.0. The SMILES string of the molecule is COC(=O)c1c(C(C)(C)Cl)n[nH]c1C. The Morgan fingerprint density at radius 1 is 1.57 bits per heavy atom. The number of alkyl halides is 1. The van der Waals surface area contributed by atoms with Gasteiger partial charge in [0.1, 0.15) is 5.56 Å². The average molecular weight is 217 g/mol. The van der Waals surface area contributed by atoms with Gasteiger partial charge < -0.3 is 4.74 Å². The molecule has 5 heteroatoms. The van der Waals surface area contributed by atoms with E-state index in [9.17, 15) is 4.79 Å². The summed E-state index contributed by atoms with van der Waals surface area (Å²) >= 11 is 6.09. The lowest BCUT2D eigenvalue weighted by molar-refractivity contribution is 0.0598. The summed E-state index contributed by atoms with van der Waals surface area (Å²) in [6.45, 7) is 5.30. The van der Waals surface area contributed by atoms with Gasteiger partial charge in [-0.2, -0.15) is 5.10 Å². The number of halogens is 1. The van der Waals surface area contributed by atoms with Crippen LogP contribution in [0.3, 0.4) is 0 Å². The van der Waals surface area contributed by atoms with Gasteiger partial charge in [0.2, 0.25) is 0 Å². The second-order valence-corrected chi connectivity index (χ2v) is 4.48. The van der Waals surface area contributed by atoms with Gasteiger partial charge in [0, 0.05) is 5.69 Å². The number of aromatic amines is 1. The maximum atomic E-state index is 11.4. The summed E-state index contributed by atoms with van der Waals surface area (Å²) in [6.07, 6.45) is 0. The molecule has 14 heavy (non-hydrogen) atoms. The zero-order chi connectivity index (χ0) is 10.9. The van der Waals surface area contributed by atoms with Crippen molar-refractivity contribution in [2.24, 2.45) is 0 Å². The Morgan fingerprint density at radius 3 is 2.57 bits per heavy atom. The number of carbonyl (C=O) groups is 1. The molecule has 0 saturated heterocycles. The highest BCUT2D eigenvalue weighted by Crippen LogP contribution is 2.30. The van der Waals surface area contributed by atoms with Crippen LogP contribution in [0.2, 0.25) is 0 Å². The van der Waals surface area contributed by atoms with E-state index in [4.69, 9.17) is 11.6 Å². The van der Waals surface area contributed by atoms with E-state index in [0.29, 0.717) is 17.0 Å². The van der Waals surface area contributed by atoms with Crippen molar-refractivity contribution in [1.29, 1.82) is 0 Å². The van der Waals surface area contributed by atoms with Gasteiger partial charge in [0.15, 0.2) is 0 Å². The van der Waals surface area contributed by atoms with Gasteiger partial charge in [-0.25, -0.2) is 4.79 Å². The van der Waals surface area contributed by atoms with Crippen LogP contribution in [0.1, 0.15) is 35.6 Å². The number of nitrogens with zero attached hydrogens (tertiary/aromatic N) is 1. The lowest BCUT2D eigenvalue weighted by atomic mass is 10.0. The fraction of sp³-hybridized carbons (Fsp3) is 0.556. The number of esters is 1. The molecule has 0 aliphatic rings. The summed E-state index contributed by atoms with van der Waals surface area (Å²) < 4.78 is 4.65. The third-order valence-electron chi connectivity index (χ3n) is 1.90. The molecule has 4 nitrogen and oxygen atoms in total. The number of aryl methyl sites for hydroxylation is 1. The van der Waals surface area contributed by atoms with Gasteiger partial charge in [-0.3, -0.25) is 5.10 Å². The van der Waals surface area contributed by atoms with Crippen LogP contribution < -0.4 is 0 Å². The predicted molar refractivity (Wildman–Crippen MR) is 53.5 cm³/mol. The van der Waals surface area contributed by atoms with Crippen LogP contribution in [0.5, 0.6) is 0 Å². The minimum absolute atomic E-state index is 0.417. The van der Waals surface area contributed by atoms with E-state index in [1.807, 2.05) is 0 Å². The number of methoxy groups -OCH3 is 1. The summed E-state index contributed by atoms with van der Waals surface area (Å²) in [7, 11) is 1.33. The van der Waals surface area contributed by atoms with Gasteiger partial charge in [-0.1, -0.05) is 0 Å². The largest absolute Gasteiger partial charge is 0.465 e. The zero-order valence-corrected chi connectivity index (χ0v) is 9.40. The van der Waals surface area contributed by atoms with Crippen molar-refractivity contribution < 1.29 is 9.53 Å². The molecule has 1 heterocycles. The number of carbonyl (C=O) groups excluding carboxylic acids is 1. The van der Waals surface area contributed by atoms with Crippen LogP contribution in [-0.2, 0) is 9.61 Å². The summed E-state index contributed by atoms with van der Waals surface area (Å²) in [4.78, 5) is 10.7. The van der Waals surface area contributed by atoms with Crippen LogP contribution >= 0.6 is 11.6 Å². The van der Waals surface area contributed by atoms with Gasteiger partial charge in [0.05, 0.1) is 17.7 Å². The van der Waals surface area contributed by atoms with Crippen LogP contribution in [0.25, 0.3) is 0 Å². The number of nitrogens with one attached hydrogen (secondary N) is 1. The molecule has 1 aromatic rings. The van der Waals surface area contributed by atoms with Crippen LogP contribution in [-0.4, -0.2) is 23.3 Å². The van der Waals surface area contributed by atoms with Crippen molar-refractivity contribution in [1.82, 2.24) is 10.2 Å². The van der Waals surface area contributed by atoms with Crippen LogP contribution in [0, 0.1) is 6.92 Å².